The molecule has 5 heteroatoms. The molecule has 1 heterocycles. The van der Waals surface area contributed by atoms with Crippen molar-refractivity contribution in [3.05, 3.63) is 18.5 Å². The Bertz CT molecular complexity index is 300. The molecule has 0 aliphatic heterocycles. The van der Waals surface area contributed by atoms with E-state index in [1.54, 1.807) is 0 Å². The standard InChI is InChI=1S/C11H17NO4/c1-3-14-11(15-4-2)8-16-10-5-9(13)6-12-7-10/h5-7,11,13H,3-4,8H2,1-2H3. The third-order valence-electron chi connectivity index (χ3n) is 1.79. The zero-order valence-corrected chi connectivity index (χ0v) is 9.55. The van der Waals surface area contributed by atoms with Gasteiger partial charge in [0, 0.05) is 19.3 Å². The average molecular weight is 227 g/mol. The predicted octanol–water partition coefficient (Wildman–Crippen LogP) is 1.57. The summed E-state index contributed by atoms with van der Waals surface area (Å²) in [6, 6.07) is 1.49. The fourth-order valence-corrected chi connectivity index (χ4v) is 1.17. The first-order valence-corrected chi connectivity index (χ1v) is 5.26. The maximum absolute atomic E-state index is 9.18. The highest BCUT2D eigenvalue weighted by Gasteiger charge is 2.08. The molecule has 1 rings (SSSR count). The lowest BCUT2D eigenvalue weighted by atomic mass is 10.4. The number of aromatic hydroxyl groups is 1. The zero-order valence-electron chi connectivity index (χ0n) is 9.55. The van der Waals surface area contributed by atoms with Crippen molar-refractivity contribution < 1.29 is 19.3 Å². The molecule has 1 aromatic rings. The Labute approximate surface area is 95.0 Å². The SMILES string of the molecule is CCOC(COc1cncc(O)c1)OCC. The van der Waals surface area contributed by atoms with Crippen LogP contribution in [0.3, 0.4) is 0 Å². The topological polar surface area (TPSA) is 60.8 Å². The van der Waals surface area contributed by atoms with Crippen LogP contribution in [0.4, 0.5) is 0 Å². The van der Waals surface area contributed by atoms with E-state index in [-0.39, 0.29) is 12.4 Å². The summed E-state index contributed by atoms with van der Waals surface area (Å²) < 4.78 is 16.0. The minimum atomic E-state index is -0.391. The van der Waals surface area contributed by atoms with E-state index in [0.29, 0.717) is 19.0 Å². The van der Waals surface area contributed by atoms with Gasteiger partial charge < -0.3 is 19.3 Å². The summed E-state index contributed by atoms with van der Waals surface area (Å²) >= 11 is 0. The third kappa shape index (κ3) is 4.46. The van der Waals surface area contributed by atoms with Crippen molar-refractivity contribution in [2.75, 3.05) is 19.8 Å². The Morgan fingerprint density at radius 1 is 1.25 bits per heavy atom. The highest BCUT2D eigenvalue weighted by atomic mass is 16.7. The Morgan fingerprint density at radius 2 is 1.94 bits per heavy atom. The third-order valence-corrected chi connectivity index (χ3v) is 1.79. The molecule has 0 fully saturated rings. The van der Waals surface area contributed by atoms with Crippen LogP contribution in [0.15, 0.2) is 18.5 Å². The molecule has 0 saturated heterocycles. The lowest BCUT2D eigenvalue weighted by Gasteiger charge is -2.17. The van der Waals surface area contributed by atoms with Crippen molar-refractivity contribution in [1.29, 1.82) is 0 Å². The summed E-state index contributed by atoms with van der Waals surface area (Å²) in [5.74, 6) is 0.561. The molecule has 0 atom stereocenters. The van der Waals surface area contributed by atoms with Gasteiger partial charge >= 0.3 is 0 Å². The largest absolute Gasteiger partial charge is 0.506 e. The molecule has 1 N–H and O–H groups in total. The Kier molecular flexibility index (Phi) is 5.60. The molecule has 0 bridgehead atoms. The molecule has 0 amide bonds. The predicted molar refractivity (Wildman–Crippen MR) is 58.4 cm³/mol. The molecule has 1 aromatic heterocycles. The number of ether oxygens (including phenoxy) is 3. The van der Waals surface area contributed by atoms with Crippen molar-refractivity contribution >= 4 is 0 Å². The first-order chi connectivity index (χ1) is 7.76. The van der Waals surface area contributed by atoms with Gasteiger partial charge in [0.2, 0.25) is 0 Å². The first kappa shape index (κ1) is 12.7. The average Bonchev–Trinajstić information content (AvgIpc) is 2.27. The molecule has 5 nitrogen and oxygen atoms in total. The minimum absolute atomic E-state index is 0.0712. The van der Waals surface area contributed by atoms with E-state index in [0.717, 1.165) is 0 Å². The van der Waals surface area contributed by atoms with Crippen LogP contribution >= 0.6 is 0 Å². The molecule has 0 saturated carbocycles. The molecule has 0 aromatic carbocycles. The number of nitrogens with zero attached hydrogens (tertiary/aromatic N) is 1. The molecular weight excluding hydrogens is 210 g/mol. The number of pyridine rings is 1. The van der Waals surface area contributed by atoms with Crippen LogP contribution in [0.1, 0.15) is 13.8 Å². The van der Waals surface area contributed by atoms with Crippen molar-refractivity contribution in [3.63, 3.8) is 0 Å². The fourth-order valence-electron chi connectivity index (χ4n) is 1.17. The molecule has 0 aliphatic rings. The van der Waals surface area contributed by atoms with Gasteiger partial charge in [-0.3, -0.25) is 4.98 Å². The monoisotopic (exact) mass is 227 g/mol. The summed E-state index contributed by atoms with van der Waals surface area (Å²) in [6.45, 7) is 5.18. The number of aromatic nitrogens is 1. The van der Waals surface area contributed by atoms with E-state index < -0.39 is 6.29 Å². The second kappa shape index (κ2) is 7.03. The maximum atomic E-state index is 9.18. The summed E-state index contributed by atoms with van der Waals surface area (Å²) in [4.78, 5) is 3.80. The highest BCUT2D eigenvalue weighted by molar-refractivity contribution is 5.26. The van der Waals surface area contributed by atoms with Crippen molar-refractivity contribution in [1.82, 2.24) is 4.98 Å². The molecular formula is C11H17NO4. The second-order valence-electron chi connectivity index (χ2n) is 3.03. The number of hydrogen-bond acceptors (Lipinski definition) is 5. The maximum Gasteiger partial charge on any atom is 0.191 e. The van der Waals surface area contributed by atoms with Crippen molar-refractivity contribution in [2.24, 2.45) is 0 Å². The Hall–Kier alpha value is -1.33. The van der Waals surface area contributed by atoms with E-state index in [1.807, 2.05) is 13.8 Å². The summed E-state index contributed by atoms with van der Waals surface area (Å²) in [7, 11) is 0. The van der Waals surface area contributed by atoms with Gasteiger partial charge in [-0.25, -0.2) is 0 Å². The van der Waals surface area contributed by atoms with Gasteiger partial charge in [-0.05, 0) is 13.8 Å². The van der Waals surface area contributed by atoms with E-state index in [4.69, 9.17) is 14.2 Å². The van der Waals surface area contributed by atoms with Crippen LogP contribution in [0.2, 0.25) is 0 Å². The van der Waals surface area contributed by atoms with Crippen LogP contribution < -0.4 is 4.74 Å². The van der Waals surface area contributed by atoms with Crippen LogP contribution in [0, 0.1) is 0 Å². The fraction of sp³-hybridized carbons (Fsp3) is 0.545. The summed E-state index contributed by atoms with van der Waals surface area (Å²) in [6.07, 6.45) is 2.47. The lowest BCUT2D eigenvalue weighted by Crippen LogP contribution is -2.25. The quantitative estimate of drug-likeness (QED) is 0.716. The van der Waals surface area contributed by atoms with Crippen molar-refractivity contribution in [2.45, 2.75) is 20.1 Å². The van der Waals surface area contributed by atoms with E-state index in [1.165, 1.54) is 18.5 Å². The van der Waals surface area contributed by atoms with Gasteiger partial charge in [0.1, 0.15) is 18.1 Å². The van der Waals surface area contributed by atoms with Gasteiger partial charge in [0.15, 0.2) is 6.29 Å². The molecule has 90 valence electrons. The second-order valence-corrected chi connectivity index (χ2v) is 3.03. The highest BCUT2D eigenvalue weighted by Crippen LogP contribution is 2.15. The first-order valence-electron chi connectivity index (χ1n) is 5.26. The zero-order chi connectivity index (χ0) is 11.8. The minimum Gasteiger partial charge on any atom is -0.506 e. The number of hydrogen-bond donors (Lipinski definition) is 1. The Balaban J connectivity index is 2.41. The molecule has 0 radical (unpaired) electrons. The van der Waals surface area contributed by atoms with Gasteiger partial charge in [-0.1, -0.05) is 0 Å². The molecule has 0 spiro atoms. The van der Waals surface area contributed by atoms with Crippen molar-refractivity contribution in [3.8, 4) is 11.5 Å². The van der Waals surface area contributed by atoms with E-state index >= 15 is 0 Å². The lowest BCUT2D eigenvalue weighted by molar-refractivity contribution is -0.152. The molecule has 16 heavy (non-hydrogen) atoms. The van der Waals surface area contributed by atoms with Gasteiger partial charge in [0.05, 0.1) is 12.4 Å². The molecule has 0 aliphatic carbocycles. The van der Waals surface area contributed by atoms with Crippen LogP contribution in [-0.2, 0) is 9.47 Å². The van der Waals surface area contributed by atoms with Crippen LogP contribution in [0.5, 0.6) is 11.5 Å². The summed E-state index contributed by atoms with van der Waals surface area (Å²) in [5, 5.41) is 9.18. The van der Waals surface area contributed by atoms with Gasteiger partial charge in [-0.2, -0.15) is 0 Å². The normalized spacial score (nSPS) is 10.7. The van der Waals surface area contributed by atoms with E-state index in [9.17, 15) is 5.11 Å². The van der Waals surface area contributed by atoms with Crippen LogP contribution in [-0.4, -0.2) is 36.2 Å². The smallest absolute Gasteiger partial charge is 0.191 e. The van der Waals surface area contributed by atoms with Gasteiger partial charge in [-0.15, -0.1) is 0 Å². The van der Waals surface area contributed by atoms with Crippen LogP contribution in [0.25, 0.3) is 0 Å². The summed E-state index contributed by atoms with van der Waals surface area (Å²) in [5.41, 5.74) is 0. The molecule has 0 unspecified atom stereocenters. The van der Waals surface area contributed by atoms with E-state index in [2.05, 4.69) is 4.98 Å². The number of rotatable bonds is 7. The van der Waals surface area contributed by atoms with Gasteiger partial charge in [0.25, 0.3) is 0 Å². The Morgan fingerprint density at radius 3 is 2.50 bits per heavy atom.